The van der Waals surface area contributed by atoms with Crippen LogP contribution in [0.1, 0.15) is 89.2 Å². The van der Waals surface area contributed by atoms with Crippen molar-refractivity contribution in [2.75, 3.05) is 17.2 Å². The summed E-state index contributed by atoms with van der Waals surface area (Å²) in [5.74, 6) is -2.49. The minimum Gasteiger partial charge on any atom is -0.444 e. The molecule has 3 fully saturated rings. The molecule has 0 radical (unpaired) electrons. The molecule has 0 unspecified atom stereocenters. The first-order valence-corrected chi connectivity index (χ1v) is 20.6. The van der Waals surface area contributed by atoms with E-state index in [0.29, 0.717) is 48.2 Å². The summed E-state index contributed by atoms with van der Waals surface area (Å²) in [6.07, 6.45) is 6.70. The predicted octanol–water partition coefficient (Wildman–Crippen LogP) is 5.17. The van der Waals surface area contributed by atoms with Crippen molar-refractivity contribution in [2.24, 2.45) is 11.3 Å². The molecular formula is C40H48FN5O8S. The number of amides is 4. The molecule has 294 valence electrons. The molecule has 15 heteroatoms. The zero-order chi connectivity index (χ0) is 39.1. The van der Waals surface area contributed by atoms with Crippen molar-refractivity contribution >= 4 is 51.0 Å². The number of carbonyl (C=O) groups excluding carboxylic acids is 5. The number of halogens is 1. The third-order valence-electron chi connectivity index (χ3n) is 11.9. The Labute approximate surface area is 320 Å². The Hall–Kier alpha value is -4.79. The van der Waals surface area contributed by atoms with Crippen molar-refractivity contribution in [3.8, 4) is 0 Å². The standard InChI is InChI=1S/C40H48FN5O8S/c1-25(47)42-28-13-15-29(16-14-28)43-33-12-7-5-3-4-6-10-27-20-40(27,37(50)44-55(52,53)39(2)17-18-39)21-35(48)34-19-30(23-46(34)36(33)49)54-38(51)45-22-26-9-8-11-32(41)31(26)24-45/h6,8-11,13-16,27,30,33-34,43H,3-5,7,12,17-24H2,1-2H3,(H,42,47)(H,44,50)/b10-6-/t27-,30-,33+,34+,40-/m1/s1. The lowest BCUT2D eigenvalue weighted by Gasteiger charge is -2.30. The highest BCUT2D eigenvalue weighted by atomic mass is 32.2. The van der Waals surface area contributed by atoms with Crippen molar-refractivity contribution in [3.05, 3.63) is 71.6 Å². The van der Waals surface area contributed by atoms with E-state index in [4.69, 9.17) is 4.74 Å². The molecule has 3 N–H and O–H groups in total. The van der Waals surface area contributed by atoms with Crippen LogP contribution < -0.4 is 15.4 Å². The lowest BCUT2D eigenvalue weighted by molar-refractivity contribution is -0.139. The van der Waals surface area contributed by atoms with Crippen LogP contribution in [0.5, 0.6) is 0 Å². The van der Waals surface area contributed by atoms with Crippen molar-refractivity contribution < 1.29 is 41.5 Å². The van der Waals surface area contributed by atoms with E-state index in [1.165, 1.54) is 22.8 Å². The molecule has 2 aromatic carbocycles. The van der Waals surface area contributed by atoms with E-state index in [0.717, 1.165) is 19.3 Å². The number of anilines is 2. The van der Waals surface area contributed by atoms with E-state index in [1.54, 1.807) is 43.3 Å². The summed E-state index contributed by atoms with van der Waals surface area (Å²) in [6, 6.07) is 9.78. The van der Waals surface area contributed by atoms with Gasteiger partial charge in [-0.1, -0.05) is 37.1 Å². The van der Waals surface area contributed by atoms with Gasteiger partial charge in [-0.3, -0.25) is 28.8 Å². The molecule has 0 bridgehead atoms. The van der Waals surface area contributed by atoms with E-state index in [2.05, 4.69) is 15.4 Å². The van der Waals surface area contributed by atoms with Gasteiger partial charge >= 0.3 is 6.09 Å². The Morgan fingerprint density at radius 1 is 0.982 bits per heavy atom. The second-order valence-electron chi connectivity index (χ2n) is 16.0. The van der Waals surface area contributed by atoms with Crippen LogP contribution in [0, 0.1) is 17.2 Å². The molecule has 7 rings (SSSR count). The largest absolute Gasteiger partial charge is 0.444 e. The van der Waals surface area contributed by atoms with Crippen molar-refractivity contribution in [1.29, 1.82) is 0 Å². The van der Waals surface area contributed by atoms with Crippen molar-refractivity contribution in [2.45, 2.75) is 114 Å². The van der Waals surface area contributed by atoms with Crippen LogP contribution in [0.15, 0.2) is 54.6 Å². The molecule has 5 aliphatic rings. The number of hydrogen-bond acceptors (Lipinski definition) is 9. The van der Waals surface area contributed by atoms with Gasteiger partial charge in [0.25, 0.3) is 0 Å². The average molecular weight is 778 g/mol. The minimum atomic E-state index is -3.97. The fraction of sp³-hybridized carbons (Fsp3) is 0.525. The molecule has 2 aromatic rings. The van der Waals surface area contributed by atoms with Gasteiger partial charge in [0.05, 0.1) is 29.3 Å². The van der Waals surface area contributed by atoms with Crippen LogP contribution in [0.25, 0.3) is 0 Å². The molecule has 13 nitrogen and oxygen atoms in total. The molecule has 2 saturated carbocycles. The van der Waals surface area contributed by atoms with Gasteiger partial charge in [0.2, 0.25) is 27.7 Å². The summed E-state index contributed by atoms with van der Waals surface area (Å²) in [5.41, 5.74) is 1.01. The Morgan fingerprint density at radius 3 is 2.44 bits per heavy atom. The monoisotopic (exact) mass is 777 g/mol. The first kappa shape index (κ1) is 38.5. The van der Waals surface area contributed by atoms with Crippen LogP contribution in [0.4, 0.5) is 20.6 Å². The first-order valence-electron chi connectivity index (χ1n) is 19.1. The van der Waals surface area contributed by atoms with E-state index in [-0.39, 0.29) is 56.6 Å². The number of ether oxygens (including phenoxy) is 1. The maximum atomic E-state index is 14.6. The summed E-state index contributed by atoms with van der Waals surface area (Å²) in [4.78, 5) is 70.8. The number of nitrogens with one attached hydrogen (secondary N) is 3. The molecule has 1 saturated heterocycles. The van der Waals surface area contributed by atoms with Crippen molar-refractivity contribution in [1.82, 2.24) is 14.5 Å². The lowest BCUT2D eigenvalue weighted by Crippen LogP contribution is -2.49. The molecule has 5 atom stereocenters. The van der Waals surface area contributed by atoms with E-state index in [1.807, 2.05) is 12.2 Å². The SMILES string of the molecule is CC(=O)Nc1ccc(N[C@H]2CCCCC/C=C\[C@@H]3C[C@@]3(C(=O)NS(=O)(=O)C3(C)CC3)CC(=O)[C@@H]3C[C@@H](OC(=O)N4Cc5cccc(F)c5C4)CN3C2=O)cc1. The Kier molecular flexibility index (Phi) is 10.5. The molecule has 3 aliphatic heterocycles. The van der Waals surface area contributed by atoms with E-state index < -0.39 is 62.0 Å². The number of sulfonamides is 1. The second-order valence-corrected chi connectivity index (χ2v) is 18.2. The fourth-order valence-electron chi connectivity index (χ4n) is 8.07. The summed E-state index contributed by atoms with van der Waals surface area (Å²) >= 11 is 0. The van der Waals surface area contributed by atoms with Crippen LogP contribution >= 0.6 is 0 Å². The maximum absolute atomic E-state index is 14.6. The van der Waals surface area contributed by atoms with Crippen molar-refractivity contribution in [3.63, 3.8) is 0 Å². The molecule has 3 heterocycles. The summed E-state index contributed by atoms with van der Waals surface area (Å²) in [5, 5.41) is 6.04. The summed E-state index contributed by atoms with van der Waals surface area (Å²) < 4.78 is 48.0. The van der Waals surface area contributed by atoms with Crippen LogP contribution in [-0.2, 0) is 47.0 Å². The van der Waals surface area contributed by atoms with Gasteiger partial charge in [-0.2, -0.15) is 0 Å². The van der Waals surface area contributed by atoms with Gasteiger partial charge in [0.15, 0.2) is 5.78 Å². The molecule has 55 heavy (non-hydrogen) atoms. The second kappa shape index (κ2) is 15.0. The Balaban J connectivity index is 1.15. The van der Waals surface area contributed by atoms with Crippen LogP contribution in [-0.4, -0.2) is 77.3 Å². The van der Waals surface area contributed by atoms with E-state index in [9.17, 15) is 36.8 Å². The van der Waals surface area contributed by atoms with Gasteiger partial charge in [-0.05, 0) is 87.3 Å². The minimum absolute atomic E-state index is 0.0157. The Bertz CT molecular complexity index is 2020. The number of ketones is 1. The van der Waals surface area contributed by atoms with Gasteiger partial charge in [-0.25, -0.2) is 17.6 Å². The summed E-state index contributed by atoms with van der Waals surface area (Å²) in [7, 11) is -3.97. The predicted molar refractivity (Wildman–Crippen MR) is 201 cm³/mol. The highest BCUT2D eigenvalue weighted by Gasteiger charge is 2.62. The highest BCUT2D eigenvalue weighted by molar-refractivity contribution is 7.91. The molecule has 2 aliphatic carbocycles. The number of carbonyl (C=O) groups is 5. The number of fused-ring (bicyclic) bond motifs is 3. The topological polar surface area (TPSA) is 171 Å². The smallest absolute Gasteiger partial charge is 0.410 e. The molecule has 4 amide bonds. The number of rotatable bonds is 7. The number of allylic oxidation sites excluding steroid dienone is 2. The zero-order valence-corrected chi connectivity index (χ0v) is 32.0. The van der Waals surface area contributed by atoms with Gasteiger partial charge in [-0.15, -0.1) is 0 Å². The van der Waals surface area contributed by atoms with Gasteiger partial charge < -0.3 is 20.3 Å². The lowest BCUT2D eigenvalue weighted by atomic mass is 9.91. The molecule has 0 spiro atoms. The maximum Gasteiger partial charge on any atom is 0.410 e. The fourth-order valence-corrected chi connectivity index (χ4v) is 9.40. The van der Waals surface area contributed by atoms with Gasteiger partial charge in [0.1, 0.15) is 18.0 Å². The first-order chi connectivity index (χ1) is 26.2. The zero-order valence-electron chi connectivity index (χ0n) is 31.1. The third-order valence-corrected chi connectivity index (χ3v) is 14.0. The molecular weight excluding hydrogens is 730 g/mol. The van der Waals surface area contributed by atoms with Crippen LogP contribution in [0.3, 0.4) is 0 Å². The average Bonchev–Trinajstić information content (AvgIpc) is 3.93. The summed E-state index contributed by atoms with van der Waals surface area (Å²) in [6.45, 7) is 3.11. The number of hydrogen-bond donors (Lipinski definition) is 3. The highest BCUT2D eigenvalue weighted by Crippen LogP contribution is 2.57. The number of benzene rings is 2. The number of Topliss-reactive ketones (excluding diaryl/α,β-unsaturated/α-hetero) is 1. The van der Waals surface area contributed by atoms with Crippen LogP contribution in [0.2, 0.25) is 0 Å². The van der Waals surface area contributed by atoms with E-state index >= 15 is 0 Å². The normalized spacial score (nSPS) is 28.1. The number of nitrogens with zero attached hydrogens (tertiary/aromatic N) is 2. The van der Waals surface area contributed by atoms with Gasteiger partial charge in [0, 0.05) is 43.2 Å². The third kappa shape index (κ3) is 8.12. The Morgan fingerprint density at radius 2 is 1.73 bits per heavy atom. The molecule has 0 aromatic heterocycles. The quantitative estimate of drug-likeness (QED) is 0.321.